The van der Waals surface area contributed by atoms with Crippen LogP contribution in [0.15, 0.2) is 73.3 Å². The van der Waals surface area contributed by atoms with E-state index >= 15 is 0 Å². The number of hydrogen-bond donors (Lipinski definition) is 5. The van der Waals surface area contributed by atoms with Gasteiger partial charge in [-0.05, 0) is 51.4 Å². The summed E-state index contributed by atoms with van der Waals surface area (Å²) in [5.74, 6) is -1.96. The number of ether oxygens (including phenoxy) is 1. The number of hydrogen-bond acceptors (Lipinski definition) is 11. The molecule has 0 radical (unpaired) electrons. The number of carbonyl (C=O) groups is 1. The topological polar surface area (TPSA) is 159 Å². The van der Waals surface area contributed by atoms with E-state index in [1.54, 1.807) is 6.92 Å². The van der Waals surface area contributed by atoms with E-state index in [4.69, 9.17) is 9.57 Å². The van der Waals surface area contributed by atoms with Crippen LogP contribution in [0.25, 0.3) is 11.2 Å². The first-order valence-corrected chi connectivity index (χ1v) is 15.8. The second kappa shape index (κ2) is 13.7. The first-order chi connectivity index (χ1) is 22.3. The molecule has 2 unspecified atom stereocenters. The van der Waals surface area contributed by atoms with Gasteiger partial charge in [0.25, 0.3) is 5.91 Å². The molecule has 13 nitrogen and oxygen atoms in total. The van der Waals surface area contributed by atoms with E-state index in [1.807, 2.05) is 50.5 Å². The minimum absolute atomic E-state index is 0.0466. The van der Waals surface area contributed by atoms with Crippen LogP contribution < -0.4 is 20.8 Å². The number of nitrogens with one attached hydrogen (secondary N) is 3. The molecule has 6 atom stereocenters. The van der Waals surface area contributed by atoms with Gasteiger partial charge in [-0.25, -0.2) is 20.3 Å². The number of aliphatic hydroxyl groups is 2. The maximum absolute atomic E-state index is 12.8. The number of likely N-dealkylation sites (N-methyl/N-ethyl adjacent to an activating group) is 1. The van der Waals surface area contributed by atoms with E-state index in [1.165, 1.54) is 17.4 Å². The zero-order chi connectivity index (χ0) is 32.3. The number of amides is 1. The maximum Gasteiger partial charge on any atom is 0.323 e. The molecule has 2 aliphatic rings. The van der Waals surface area contributed by atoms with Crippen LogP contribution in [0.2, 0.25) is 0 Å². The quantitative estimate of drug-likeness (QED) is 0.144. The van der Waals surface area contributed by atoms with Gasteiger partial charge < -0.3 is 35.3 Å². The molecule has 2 aromatic heterocycles. The number of anilines is 1. The number of benzene rings is 2. The molecule has 2 aromatic carbocycles. The van der Waals surface area contributed by atoms with Gasteiger partial charge in [-0.15, -0.1) is 4.73 Å². The van der Waals surface area contributed by atoms with E-state index < -0.39 is 30.1 Å². The van der Waals surface area contributed by atoms with Crippen molar-refractivity contribution in [3.05, 3.63) is 84.4 Å². The van der Waals surface area contributed by atoms with Gasteiger partial charge in [0, 0.05) is 31.1 Å². The van der Waals surface area contributed by atoms with Crippen LogP contribution >= 0.6 is 0 Å². The molecule has 0 bridgehead atoms. The fraction of sp³-hybridized carbons (Fsp3) is 0.455. The fourth-order valence-electron chi connectivity index (χ4n) is 6.42. The van der Waals surface area contributed by atoms with E-state index in [-0.39, 0.29) is 12.0 Å². The number of nitrogens with zero attached hydrogens (tertiary/aromatic N) is 5. The van der Waals surface area contributed by atoms with Gasteiger partial charge in [0.1, 0.15) is 18.8 Å². The molecule has 4 aromatic rings. The van der Waals surface area contributed by atoms with Crippen molar-refractivity contribution < 1.29 is 24.6 Å². The zero-order valence-electron chi connectivity index (χ0n) is 26.3. The number of carbonyl (C=O) groups excluding carboxylic acids is 1. The van der Waals surface area contributed by atoms with Crippen molar-refractivity contribution in [2.75, 3.05) is 32.5 Å². The molecule has 1 saturated carbocycles. The predicted molar refractivity (Wildman–Crippen MR) is 172 cm³/mol. The highest BCUT2D eigenvalue weighted by molar-refractivity contribution is 5.83. The van der Waals surface area contributed by atoms with Crippen LogP contribution in [0.3, 0.4) is 0 Å². The van der Waals surface area contributed by atoms with Crippen molar-refractivity contribution in [1.82, 2.24) is 35.2 Å². The third-order valence-electron chi connectivity index (χ3n) is 8.89. The third-order valence-corrected chi connectivity index (χ3v) is 8.89. The van der Waals surface area contributed by atoms with E-state index in [9.17, 15) is 15.0 Å². The van der Waals surface area contributed by atoms with Gasteiger partial charge in [-0.3, -0.25) is 4.79 Å². The van der Waals surface area contributed by atoms with Crippen LogP contribution in [0.5, 0.6) is 0 Å². The van der Waals surface area contributed by atoms with Crippen molar-refractivity contribution in [2.24, 2.45) is 0 Å². The highest BCUT2D eigenvalue weighted by atomic mass is 16.8. The number of rotatable bonds is 12. The summed E-state index contributed by atoms with van der Waals surface area (Å²) >= 11 is 0. The van der Waals surface area contributed by atoms with E-state index in [0.717, 1.165) is 30.4 Å². The number of imidazole rings is 1. The van der Waals surface area contributed by atoms with Crippen molar-refractivity contribution >= 4 is 22.9 Å². The van der Waals surface area contributed by atoms with E-state index in [0.29, 0.717) is 36.1 Å². The largest absolute Gasteiger partial charge is 0.387 e. The molecular weight excluding hydrogens is 588 g/mol. The van der Waals surface area contributed by atoms with Crippen molar-refractivity contribution in [3.63, 3.8) is 0 Å². The van der Waals surface area contributed by atoms with Crippen molar-refractivity contribution in [1.29, 1.82) is 0 Å². The number of aromatic nitrogens is 4. The van der Waals surface area contributed by atoms with Crippen molar-refractivity contribution in [3.8, 4) is 0 Å². The molecule has 46 heavy (non-hydrogen) atoms. The molecule has 244 valence electrons. The Labute approximate surface area is 267 Å². The molecule has 0 spiro atoms. The Morgan fingerprint density at radius 1 is 1.07 bits per heavy atom. The van der Waals surface area contributed by atoms with Crippen LogP contribution in [-0.4, -0.2) is 104 Å². The summed E-state index contributed by atoms with van der Waals surface area (Å²) in [6.45, 7) is 2.64. The normalized spacial score (nSPS) is 26.2. The average Bonchev–Trinajstić information content (AvgIpc) is 3.77. The highest BCUT2D eigenvalue weighted by Crippen LogP contribution is 2.34. The van der Waals surface area contributed by atoms with Gasteiger partial charge in [-0.2, -0.15) is 0 Å². The van der Waals surface area contributed by atoms with Crippen LogP contribution in [0.1, 0.15) is 43.2 Å². The van der Waals surface area contributed by atoms with Gasteiger partial charge in [0.05, 0.1) is 0 Å². The molecule has 1 aliphatic heterocycles. The standard InChI is InChI=1S/C33H42N8O5/c1-4-34-32(44)28-27(42)29(43)33(45-28,39-23-15-16-24(17-23)40(2)3)46-41-20-38-26-30(36-19-37-31(26)41)35-18-25(21-11-7-5-8-12-21)22-13-9-6-10-14-22/h5-14,19-20,23-25,27-29,39,42-43H,4,15-18H2,1-3H3,(H,34,44)(H,35,36,37)/t23?,24?,27-,28+,29-,33-/m1/s1. The number of fused-ring (bicyclic) bond motifs is 1. The smallest absolute Gasteiger partial charge is 0.323 e. The molecule has 3 heterocycles. The lowest BCUT2D eigenvalue weighted by Gasteiger charge is -2.35. The molecule has 6 rings (SSSR count). The van der Waals surface area contributed by atoms with E-state index in [2.05, 4.69) is 60.1 Å². The van der Waals surface area contributed by atoms with Gasteiger partial charge in [-0.1, -0.05) is 60.7 Å². The summed E-state index contributed by atoms with van der Waals surface area (Å²) in [7, 11) is 4.06. The maximum atomic E-state index is 12.8. The van der Waals surface area contributed by atoms with Gasteiger partial charge >= 0.3 is 5.91 Å². The third kappa shape index (κ3) is 6.42. The SMILES string of the molecule is CCNC(=O)[C@H]1O[C@@](NC2CCC(N(C)C)C2)(On2cnc3c(NCC(c4ccccc4)c4ccccc4)ncnc32)[C@H](O)[C@@H]1O. The predicted octanol–water partition coefficient (Wildman–Crippen LogP) is 1.48. The summed E-state index contributed by atoms with van der Waals surface area (Å²) in [4.78, 5) is 34.7. The molecule has 13 heteroatoms. The Morgan fingerprint density at radius 3 is 2.39 bits per heavy atom. The molecule has 5 N–H and O–H groups in total. The summed E-state index contributed by atoms with van der Waals surface area (Å²) < 4.78 is 7.40. The minimum atomic E-state index is -1.96. The number of aliphatic hydroxyl groups excluding tert-OH is 2. The Hall–Kier alpha value is -4.14. The van der Waals surface area contributed by atoms with Crippen LogP contribution in [0.4, 0.5) is 5.82 Å². The summed E-state index contributed by atoms with van der Waals surface area (Å²) in [5.41, 5.74) is 3.08. The molecule has 1 aliphatic carbocycles. The fourth-order valence-corrected chi connectivity index (χ4v) is 6.42. The monoisotopic (exact) mass is 630 g/mol. The van der Waals surface area contributed by atoms with Crippen LogP contribution in [0, 0.1) is 0 Å². The molecule has 2 fully saturated rings. The molecule has 1 saturated heterocycles. The lowest BCUT2D eigenvalue weighted by molar-refractivity contribution is -0.276. The summed E-state index contributed by atoms with van der Waals surface area (Å²) in [6, 6.07) is 20.7. The summed E-state index contributed by atoms with van der Waals surface area (Å²) in [5, 5.41) is 31.8. The second-order valence-corrected chi connectivity index (χ2v) is 12.1. The molecular formula is C33H42N8O5. The van der Waals surface area contributed by atoms with Gasteiger partial charge in [0.2, 0.25) is 5.65 Å². The average molecular weight is 631 g/mol. The Morgan fingerprint density at radius 2 is 1.76 bits per heavy atom. The first-order valence-electron chi connectivity index (χ1n) is 15.8. The van der Waals surface area contributed by atoms with Gasteiger partial charge in [0.15, 0.2) is 23.5 Å². The summed E-state index contributed by atoms with van der Waals surface area (Å²) in [6.07, 6.45) is 0.804. The Balaban J connectivity index is 1.28. The van der Waals surface area contributed by atoms with Crippen molar-refractivity contribution in [2.45, 2.75) is 68.4 Å². The second-order valence-electron chi connectivity index (χ2n) is 12.1. The first kappa shape index (κ1) is 31.8. The Bertz CT molecular complexity index is 1570. The Kier molecular flexibility index (Phi) is 9.47. The molecule has 1 amide bonds. The lowest BCUT2D eigenvalue weighted by atomic mass is 9.91. The highest BCUT2D eigenvalue weighted by Gasteiger charge is 2.60. The minimum Gasteiger partial charge on any atom is -0.387 e. The van der Waals surface area contributed by atoms with Crippen LogP contribution in [-0.2, 0) is 9.53 Å². The zero-order valence-corrected chi connectivity index (χ0v) is 26.3. The lowest BCUT2D eigenvalue weighted by Crippen LogP contribution is -2.63.